The summed E-state index contributed by atoms with van der Waals surface area (Å²) < 4.78 is 5.43. The third-order valence-corrected chi connectivity index (χ3v) is 4.54. The number of rotatable bonds is 7. The van der Waals surface area contributed by atoms with Crippen LogP contribution in [0.25, 0.3) is 0 Å². The van der Waals surface area contributed by atoms with E-state index in [0.717, 1.165) is 51.0 Å². The zero-order valence-corrected chi connectivity index (χ0v) is 14.8. The standard InChI is InChI=1S/C17H30N4O2/c1-5-6-7-15-19-17(23-20-15)13(4)21-10-8-14(9-11-21)18-16(22)12(2)3/h12-14H,5-11H2,1-4H3,(H,18,22)/t13-/m1/s1. The number of unbranched alkanes of at least 4 members (excludes halogenated alkanes) is 1. The normalized spacial score (nSPS) is 18.3. The molecule has 1 aliphatic heterocycles. The highest BCUT2D eigenvalue weighted by Gasteiger charge is 2.27. The summed E-state index contributed by atoms with van der Waals surface area (Å²) in [4.78, 5) is 18.7. The van der Waals surface area contributed by atoms with Gasteiger partial charge >= 0.3 is 0 Å². The van der Waals surface area contributed by atoms with Gasteiger partial charge in [-0.05, 0) is 26.2 Å². The number of likely N-dealkylation sites (tertiary alicyclic amines) is 1. The number of aryl methyl sites for hydroxylation is 1. The van der Waals surface area contributed by atoms with E-state index in [1.54, 1.807) is 0 Å². The van der Waals surface area contributed by atoms with E-state index in [1.807, 2.05) is 13.8 Å². The van der Waals surface area contributed by atoms with Crippen molar-refractivity contribution in [3.05, 3.63) is 11.7 Å². The van der Waals surface area contributed by atoms with Gasteiger partial charge in [-0.3, -0.25) is 9.69 Å². The summed E-state index contributed by atoms with van der Waals surface area (Å²) in [5.41, 5.74) is 0. The molecule has 0 aromatic carbocycles. The molecule has 0 bridgehead atoms. The van der Waals surface area contributed by atoms with Crippen LogP contribution >= 0.6 is 0 Å². The second-order valence-corrected chi connectivity index (χ2v) is 6.80. The van der Waals surface area contributed by atoms with Crippen molar-refractivity contribution < 1.29 is 9.32 Å². The Morgan fingerprint density at radius 3 is 2.65 bits per heavy atom. The third kappa shape index (κ3) is 5.03. The first-order chi connectivity index (χ1) is 11.0. The lowest BCUT2D eigenvalue weighted by Gasteiger charge is -2.35. The number of piperidine rings is 1. The smallest absolute Gasteiger partial charge is 0.243 e. The summed E-state index contributed by atoms with van der Waals surface area (Å²) in [5, 5.41) is 7.20. The van der Waals surface area contributed by atoms with Gasteiger partial charge in [-0.2, -0.15) is 4.98 Å². The Morgan fingerprint density at radius 1 is 1.35 bits per heavy atom. The predicted octanol–water partition coefficient (Wildman–Crippen LogP) is 2.71. The van der Waals surface area contributed by atoms with Gasteiger partial charge in [-0.25, -0.2) is 0 Å². The average Bonchev–Trinajstić information content (AvgIpc) is 3.01. The molecule has 0 saturated carbocycles. The molecular formula is C17H30N4O2. The summed E-state index contributed by atoms with van der Waals surface area (Å²) in [7, 11) is 0. The molecule has 6 heteroatoms. The molecule has 1 N–H and O–H groups in total. The maximum atomic E-state index is 11.8. The Labute approximate surface area is 139 Å². The molecule has 130 valence electrons. The van der Waals surface area contributed by atoms with Crippen LogP contribution < -0.4 is 5.32 Å². The van der Waals surface area contributed by atoms with Crippen molar-refractivity contribution in [3.63, 3.8) is 0 Å². The van der Waals surface area contributed by atoms with Gasteiger partial charge in [0, 0.05) is 31.5 Å². The van der Waals surface area contributed by atoms with Crippen molar-refractivity contribution in [1.82, 2.24) is 20.4 Å². The molecule has 1 aromatic rings. The number of amides is 1. The average molecular weight is 322 g/mol. The highest BCUT2D eigenvalue weighted by atomic mass is 16.5. The van der Waals surface area contributed by atoms with Crippen LogP contribution in [0.5, 0.6) is 0 Å². The van der Waals surface area contributed by atoms with Crippen LogP contribution in [0.4, 0.5) is 0 Å². The molecule has 0 aliphatic carbocycles. The first kappa shape index (κ1) is 17.9. The monoisotopic (exact) mass is 322 g/mol. The first-order valence-electron chi connectivity index (χ1n) is 8.88. The van der Waals surface area contributed by atoms with Crippen LogP contribution in [0.15, 0.2) is 4.52 Å². The number of aromatic nitrogens is 2. The molecule has 0 radical (unpaired) electrons. The number of hydrogen-bond donors (Lipinski definition) is 1. The van der Waals surface area contributed by atoms with E-state index in [9.17, 15) is 4.79 Å². The maximum absolute atomic E-state index is 11.8. The molecular weight excluding hydrogens is 292 g/mol. The van der Waals surface area contributed by atoms with E-state index in [2.05, 4.69) is 34.2 Å². The molecule has 1 atom stereocenters. The minimum Gasteiger partial charge on any atom is -0.353 e. The van der Waals surface area contributed by atoms with Gasteiger partial charge in [0.25, 0.3) is 0 Å². The van der Waals surface area contributed by atoms with Crippen molar-refractivity contribution in [2.45, 2.75) is 71.9 Å². The number of nitrogens with one attached hydrogen (secondary N) is 1. The quantitative estimate of drug-likeness (QED) is 0.835. The third-order valence-electron chi connectivity index (χ3n) is 4.54. The lowest BCUT2D eigenvalue weighted by Crippen LogP contribution is -2.46. The Hall–Kier alpha value is -1.43. The van der Waals surface area contributed by atoms with Crippen LogP contribution in [0.3, 0.4) is 0 Å². The van der Waals surface area contributed by atoms with Crippen LogP contribution in [-0.4, -0.2) is 40.1 Å². The molecule has 1 saturated heterocycles. The highest BCUT2D eigenvalue weighted by molar-refractivity contribution is 5.78. The van der Waals surface area contributed by atoms with Gasteiger partial charge in [0.1, 0.15) is 0 Å². The molecule has 1 fully saturated rings. The Morgan fingerprint density at radius 2 is 2.04 bits per heavy atom. The number of carbonyl (C=O) groups is 1. The minimum absolute atomic E-state index is 0.0480. The van der Waals surface area contributed by atoms with Gasteiger partial charge in [-0.1, -0.05) is 32.3 Å². The molecule has 23 heavy (non-hydrogen) atoms. The fourth-order valence-corrected chi connectivity index (χ4v) is 2.83. The van der Waals surface area contributed by atoms with Crippen molar-refractivity contribution in [2.24, 2.45) is 5.92 Å². The highest BCUT2D eigenvalue weighted by Crippen LogP contribution is 2.23. The van der Waals surface area contributed by atoms with E-state index in [1.165, 1.54) is 0 Å². The molecule has 2 rings (SSSR count). The molecule has 0 unspecified atom stereocenters. The number of nitrogens with zero attached hydrogens (tertiary/aromatic N) is 3. The van der Waals surface area contributed by atoms with Crippen molar-refractivity contribution >= 4 is 5.91 Å². The summed E-state index contributed by atoms with van der Waals surface area (Å²) in [6, 6.07) is 0.427. The van der Waals surface area contributed by atoms with E-state index < -0.39 is 0 Å². The summed E-state index contributed by atoms with van der Waals surface area (Å²) in [6.07, 6.45) is 5.05. The Balaban J connectivity index is 1.82. The Bertz CT molecular complexity index is 493. The summed E-state index contributed by atoms with van der Waals surface area (Å²) in [5.74, 6) is 1.72. The van der Waals surface area contributed by atoms with Crippen LogP contribution in [0.1, 0.15) is 71.1 Å². The SMILES string of the molecule is CCCCc1noc([C@@H](C)N2CCC(NC(=O)C(C)C)CC2)n1. The van der Waals surface area contributed by atoms with Crippen LogP contribution in [0.2, 0.25) is 0 Å². The second kappa shape index (κ2) is 8.43. The van der Waals surface area contributed by atoms with Crippen LogP contribution in [-0.2, 0) is 11.2 Å². The van der Waals surface area contributed by atoms with E-state index in [4.69, 9.17) is 4.52 Å². The van der Waals surface area contributed by atoms with Gasteiger partial charge in [0.15, 0.2) is 5.82 Å². The van der Waals surface area contributed by atoms with Gasteiger partial charge in [-0.15, -0.1) is 0 Å². The minimum atomic E-state index is 0.0480. The second-order valence-electron chi connectivity index (χ2n) is 6.80. The molecule has 2 heterocycles. The zero-order chi connectivity index (χ0) is 16.8. The number of hydrogen-bond acceptors (Lipinski definition) is 5. The van der Waals surface area contributed by atoms with Crippen LogP contribution in [0, 0.1) is 5.92 Å². The lowest BCUT2D eigenvalue weighted by atomic mass is 10.0. The van der Waals surface area contributed by atoms with E-state index in [0.29, 0.717) is 5.89 Å². The zero-order valence-electron chi connectivity index (χ0n) is 14.8. The Kier molecular flexibility index (Phi) is 6.57. The fraction of sp³-hybridized carbons (Fsp3) is 0.824. The fourth-order valence-electron chi connectivity index (χ4n) is 2.83. The molecule has 1 amide bonds. The van der Waals surface area contributed by atoms with E-state index >= 15 is 0 Å². The largest absolute Gasteiger partial charge is 0.353 e. The molecule has 6 nitrogen and oxygen atoms in total. The maximum Gasteiger partial charge on any atom is 0.243 e. The number of carbonyl (C=O) groups excluding carboxylic acids is 1. The van der Waals surface area contributed by atoms with Crippen molar-refractivity contribution in [3.8, 4) is 0 Å². The first-order valence-corrected chi connectivity index (χ1v) is 8.88. The molecule has 1 aliphatic rings. The summed E-state index contributed by atoms with van der Waals surface area (Å²) in [6.45, 7) is 10.0. The summed E-state index contributed by atoms with van der Waals surface area (Å²) >= 11 is 0. The van der Waals surface area contributed by atoms with Crippen molar-refractivity contribution in [1.29, 1.82) is 0 Å². The van der Waals surface area contributed by atoms with Gasteiger partial charge < -0.3 is 9.84 Å². The lowest BCUT2D eigenvalue weighted by molar-refractivity contribution is -0.125. The topological polar surface area (TPSA) is 71.3 Å². The van der Waals surface area contributed by atoms with Gasteiger partial charge in [0.2, 0.25) is 11.8 Å². The van der Waals surface area contributed by atoms with E-state index in [-0.39, 0.29) is 23.9 Å². The molecule has 1 aromatic heterocycles. The van der Waals surface area contributed by atoms with Gasteiger partial charge in [0.05, 0.1) is 6.04 Å². The molecule has 0 spiro atoms. The van der Waals surface area contributed by atoms with Crippen molar-refractivity contribution in [2.75, 3.05) is 13.1 Å². The predicted molar refractivity (Wildman–Crippen MR) is 88.9 cm³/mol.